The first-order chi connectivity index (χ1) is 16.1. The van der Waals surface area contributed by atoms with Crippen molar-refractivity contribution in [2.45, 2.75) is 25.3 Å². The van der Waals surface area contributed by atoms with E-state index in [0.29, 0.717) is 18.5 Å². The van der Waals surface area contributed by atoms with Crippen molar-refractivity contribution in [2.24, 2.45) is 5.92 Å². The third-order valence-corrected chi connectivity index (χ3v) is 6.11. The van der Waals surface area contributed by atoms with E-state index in [1.165, 1.54) is 17.9 Å². The van der Waals surface area contributed by atoms with Gasteiger partial charge in [0.1, 0.15) is 11.7 Å². The van der Waals surface area contributed by atoms with E-state index < -0.39 is 17.9 Å². The molecule has 166 valence electrons. The minimum Gasteiger partial charge on any atom is -0.469 e. The zero-order valence-corrected chi connectivity index (χ0v) is 18.0. The fourth-order valence-corrected chi connectivity index (χ4v) is 4.46. The van der Waals surface area contributed by atoms with Crippen LogP contribution in [0.5, 0.6) is 0 Å². The lowest BCUT2D eigenvalue weighted by Crippen LogP contribution is -2.37. The Labute approximate surface area is 189 Å². The molecule has 1 aromatic carbocycles. The predicted octanol–water partition coefficient (Wildman–Crippen LogP) is 3.31. The molecule has 1 aliphatic rings. The predicted molar refractivity (Wildman–Crippen MR) is 122 cm³/mol. The molecule has 8 nitrogen and oxygen atoms in total. The maximum absolute atomic E-state index is 12.9. The highest BCUT2D eigenvalue weighted by Crippen LogP contribution is 2.34. The topological polar surface area (TPSA) is 95.6 Å². The van der Waals surface area contributed by atoms with Crippen molar-refractivity contribution in [3.63, 3.8) is 0 Å². The van der Waals surface area contributed by atoms with Crippen molar-refractivity contribution in [2.75, 3.05) is 7.11 Å². The molecule has 3 aromatic heterocycles. The molecule has 33 heavy (non-hydrogen) atoms. The SMILES string of the molecule is COC(=O)[C@H]1CC[C@@H](n2nc(-c3c(-c4ccccc4)nn4ccccc34)ccc2=O)C(=O)C1. The van der Waals surface area contributed by atoms with Crippen LogP contribution in [0.2, 0.25) is 0 Å². The number of benzene rings is 1. The first kappa shape index (κ1) is 20.8. The molecule has 8 heteroatoms. The van der Waals surface area contributed by atoms with Crippen molar-refractivity contribution in [1.82, 2.24) is 19.4 Å². The van der Waals surface area contributed by atoms with Crippen LogP contribution >= 0.6 is 0 Å². The third kappa shape index (κ3) is 3.73. The van der Waals surface area contributed by atoms with E-state index in [4.69, 9.17) is 9.84 Å². The summed E-state index contributed by atoms with van der Waals surface area (Å²) in [4.78, 5) is 37.4. The zero-order valence-electron chi connectivity index (χ0n) is 18.0. The first-order valence-corrected chi connectivity index (χ1v) is 10.8. The van der Waals surface area contributed by atoms with Gasteiger partial charge >= 0.3 is 5.97 Å². The average molecular weight is 442 g/mol. The van der Waals surface area contributed by atoms with Crippen LogP contribution in [0.4, 0.5) is 0 Å². The molecular formula is C25H22N4O4. The van der Waals surface area contributed by atoms with Crippen LogP contribution in [-0.4, -0.2) is 38.3 Å². The van der Waals surface area contributed by atoms with Gasteiger partial charge in [0.05, 0.1) is 29.8 Å². The number of Topliss-reactive ketones (excluding diaryl/α,β-unsaturated/α-hetero) is 1. The van der Waals surface area contributed by atoms with Crippen LogP contribution in [-0.2, 0) is 14.3 Å². The summed E-state index contributed by atoms with van der Waals surface area (Å²) < 4.78 is 7.82. The molecule has 4 aromatic rings. The second-order valence-electron chi connectivity index (χ2n) is 8.11. The molecule has 2 atom stereocenters. The highest BCUT2D eigenvalue weighted by atomic mass is 16.5. The Morgan fingerprint density at radius 1 is 0.970 bits per heavy atom. The van der Waals surface area contributed by atoms with Crippen LogP contribution in [0.1, 0.15) is 25.3 Å². The van der Waals surface area contributed by atoms with Crippen molar-refractivity contribution in [3.8, 4) is 22.5 Å². The van der Waals surface area contributed by atoms with Crippen LogP contribution < -0.4 is 5.56 Å². The summed E-state index contributed by atoms with van der Waals surface area (Å²) in [6, 6.07) is 17.9. The number of nitrogens with zero attached hydrogens (tertiary/aromatic N) is 4. The minimum absolute atomic E-state index is 0.0433. The maximum Gasteiger partial charge on any atom is 0.309 e. The molecule has 0 saturated heterocycles. The van der Waals surface area contributed by atoms with Gasteiger partial charge in [0.25, 0.3) is 5.56 Å². The number of hydrogen-bond acceptors (Lipinski definition) is 6. The lowest BCUT2D eigenvalue weighted by molar-refractivity contribution is -0.149. The minimum atomic E-state index is -0.708. The molecular weight excluding hydrogens is 420 g/mol. The number of ether oxygens (including phenoxy) is 1. The van der Waals surface area contributed by atoms with Gasteiger partial charge in [-0.15, -0.1) is 0 Å². The Morgan fingerprint density at radius 3 is 2.52 bits per heavy atom. The number of fused-ring (bicyclic) bond motifs is 1. The van der Waals surface area contributed by atoms with E-state index in [-0.39, 0.29) is 17.8 Å². The number of aromatic nitrogens is 4. The van der Waals surface area contributed by atoms with E-state index in [1.54, 1.807) is 10.6 Å². The maximum atomic E-state index is 12.9. The van der Waals surface area contributed by atoms with Crippen molar-refractivity contribution < 1.29 is 14.3 Å². The summed E-state index contributed by atoms with van der Waals surface area (Å²) in [5.41, 5.74) is 3.48. The van der Waals surface area contributed by atoms with Crippen molar-refractivity contribution in [1.29, 1.82) is 0 Å². The van der Waals surface area contributed by atoms with E-state index in [0.717, 1.165) is 22.3 Å². The molecule has 3 heterocycles. The van der Waals surface area contributed by atoms with Crippen molar-refractivity contribution in [3.05, 3.63) is 77.2 Å². The Bertz CT molecular complexity index is 1410. The van der Waals surface area contributed by atoms with Gasteiger partial charge in [-0.2, -0.15) is 10.2 Å². The van der Waals surface area contributed by atoms with Crippen molar-refractivity contribution >= 4 is 17.3 Å². The van der Waals surface area contributed by atoms with E-state index in [9.17, 15) is 14.4 Å². The fourth-order valence-electron chi connectivity index (χ4n) is 4.46. The average Bonchev–Trinajstić information content (AvgIpc) is 3.24. The summed E-state index contributed by atoms with van der Waals surface area (Å²) >= 11 is 0. The molecule has 0 bridgehead atoms. The highest BCUT2D eigenvalue weighted by Gasteiger charge is 2.35. The molecule has 0 amide bonds. The summed E-state index contributed by atoms with van der Waals surface area (Å²) in [5.74, 6) is -1.05. The number of carbonyl (C=O) groups is 2. The second kappa shape index (κ2) is 8.46. The standard InChI is InChI=1S/C25H22N4O4/c1-33-25(32)17-10-12-19(21(30)15-17)29-22(31)13-11-18(26-29)23-20-9-5-6-14-28(20)27-24(23)16-7-3-2-4-8-16/h2-9,11,13-14,17,19H,10,12,15H2,1H3/t17-,19+/m0/s1. The molecule has 0 unspecified atom stereocenters. The van der Waals surface area contributed by atoms with Crippen LogP contribution in [0.3, 0.4) is 0 Å². The third-order valence-electron chi connectivity index (χ3n) is 6.11. The van der Waals surface area contributed by atoms with Crippen LogP contribution in [0, 0.1) is 5.92 Å². The number of pyridine rings is 1. The lowest BCUT2D eigenvalue weighted by atomic mass is 9.85. The summed E-state index contributed by atoms with van der Waals surface area (Å²) in [6.45, 7) is 0. The molecule has 0 spiro atoms. The molecule has 0 N–H and O–H groups in total. The number of rotatable bonds is 4. The smallest absolute Gasteiger partial charge is 0.309 e. The summed E-state index contributed by atoms with van der Waals surface area (Å²) in [6.07, 6.45) is 2.73. The number of methoxy groups -OCH3 is 1. The molecule has 0 aliphatic heterocycles. The Kier molecular flexibility index (Phi) is 5.34. The number of hydrogen-bond donors (Lipinski definition) is 0. The summed E-state index contributed by atoms with van der Waals surface area (Å²) in [5, 5.41) is 9.38. The number of esters is 1. The van der Waals surface area contributed by atoms with Crippen LogP contribution in [0.25, 0.3) is 28.0 Å². The Balaban J connectivity index is 1.60. The van der Waals surface area contributed by atoms with Gasteiger partial charge in [-0.05, 0) is 31.0 Å². The van der Waals surface area contributed by atoms with Gasteiger partial charge in [0, 0.05) is 24.2 Å². The summed E-state index contributed by atoms with van der Waals surface area (Å²) in [7, 11) is 1.31. The van der Waals surface area contributed by atoms with E-state index in [2.05, 4.69) is 5.10 Å². The molecule has 1 saturated carbocycles. The number of carbonyl (C=O) groups excluding carboxylic acids is 2. The quantitative estimate of drug-likeness (QED) is 0.450. The number of ketones is 1. The first-order valence-electron chi connectivity index (χ1n) is 10.8. The van der Waals surface area contributed by atoms with E-state index in [1.807, 2.05) is 54.7 Å². The van der Waals surface area contributed by atoms with Crippen LogP contribution in [0.15, 0.2) is 71.7 Å². The van der Waals surface area contributed by atoms with Gasteiger partial charge in [0.2, 0.25) is 0 Å². The largest absolute Gasteiger partial charge is 0.469 e. The monoisotopic (exact) mass is 442 g/mol. The van der Waals surface area contributed by atoms with E-state index >= 15 is 0 Å². The Morgan fingerprint density at radius 2 is 1.76 bits per heavy atom. The highest BCUT2D eigenvalue weighted by molar-refractivity contribution is 5.91. The molecule has 5 rings (SSSR count). The van der Waals surface area contributed by atoms with Gasteiger partial charge in [-0.3, -0.25) is 14.4 Å². The normalized spacial score (nSPS) is 18.4. The molecule has 1 fully saturated rings. The fraction of sp³-hybridized carbons (Fsp3) is 0.240. The van der Waals surface area contributed by atoms with Gasteiger partial charge < -0.3 is 4.74 Å². The Hall–Kier alpha value is -4.07. The van der Waals surface area contributed by atoms with Gasteiger partial charge in [-0.25, -0.2) is 9.20 Å². The molecule has 0 radical (unpaired) electrons. The molecule has 1 aliphatic carbocycles. The zero-order chi connectivity index (χ0) is 22.9. The van der Waals surface area contributed by atoms with Gasteiger partial charge in [0.15, 0.2) is 5.78 Å². The van der Waals surface area contributed by atoms with Gasteiger partial charge in [-0.1, -0.05) is 36.4 Å². The lowest BCUT2D eigenvalue weighted by Gasteiger charge is -2.26. The second-order valence-corrected chi connectivity index (χ2v) is 8.11.